The molecule has 47 heavy (non-hydrogen) atoms. The van der Waals surface area contributed by atoms with Crippen LogP contribution in [-0.4, -0.2) is 67.4 Å². The maximum atomic E-state index is 13.7. The highest BCUT2D eigenvalue weighted by molar-refractivity contribution is 6.34. The second-order valence-corrected chi connectivity index (χ2v) is 12.3. The summed E-state index contributed by atoms with van der Waals surface area (Å²) in [4.78, 5) is 35.0. The van der Waals surface area contributed by atoms with Gasteiger partial charge in [-0.3, -0.25) is 19.2 Å². The van der Waals surface area contributed by atoms with Gasteiger partial charge in [-0.1, -0.05) is 17.7 Å². The second-order valence-electron chi connectivity index (χ2n) is 11.9. The van der Waals surface area contributed by atoms with Crippen LogP contribution in [0.5, 0.6) is 0 Å². The van der Waals surface area contributed by atoms with Crippen LogP contribution >= 0.6 is 11.6 Å². The molecule has 1 saturated heterocycles. The zero-order valence-electron chi connectivity index (χ0n) is 26.0. The third-order valence-electron chi connectivity index (χ3n) is 9.07. The van der Waals surface area contributed by atoms with Crippen molar-refractivity contribution in [3.05, 3.63) is 105 Å². The molecule has 0 atom stereocenters. The maximum Gasteiger partial charge on any atom is 0.269 e. The molecule has 2 aromatic carbocycles. The molecule has 7 rings (SSSR count). The van der Waals surface area contributed by atoms with E-state index in [0.29, 0.717) is 41.3 Å². The molecular formula is C34H33ClFN9O2. The number of carbonyl (C=O) groups is 2. The van der Waals surface area contributed by atoms with Crippen LogP contribution in [0.15, 0.2) is 60.9 Å². The number of pyridine rings is 1. The van der Waals surface area contributed by atoms with Crippen LogP contribution in [-0.2, 0) is 26.4 Å². The lowest BCUT2D eigenvalue weighted by Crippen LogP contribution is -2.46. The average molecular weight is 654 g/mol. The molecule has 2 amide bonds. The van der Waals surface area contributed by atoms with Gasteiger partial charge in [-0.2, -0.15) is 10.2 Å². The van der Waals surface area contributed by atoms with Gasteiger partial charge in [0, 0.05) is 74.0 Å². The van der Waals surface area contributed by atoms with Crippen molar-refractivity contribution in [2.24, 2.45) is 12.8 Å². The van der Waals surface area contributed by atoms with Crippen molar-refractivity contribution in [1.29, 1.82) is 0 Å². The Bertz CT molecular complexity index is 2010. The van der Waals surface area contributed by atoms with E-state index in [1.54, 1.807) is 22.9 Å². The summed E-state index contributed by atoms with van der Waals surface area (Å²) in [5.74, 6) is -0.700. The molecule has 3 aromatic heterocycles. The summed E-state index contributed by atoms with van der Waals surface area (Å²) in [5, 5.41) is 12.1. The van der Waals surface area contributed by atoms with E-state index in [9.17, 15) is 14.0 Å². The van der Waals surface area contributed by atoms with Crippen molar-refractivity contribution in [3.8, 4) is 16.9 Å². The fraction of sp³-hybridized carbons (Fsp3) is 0.265. The van der Waals surface area contributed by atoms with Gasteiger partial charge in [0.1, 0.15) is 11.6 Å². The number of anilines is 2. The van der Waals surface area contributed by atoms with Gasteiger partial charge in [0.15, 0.2) is 5.69 Å². The minimum absolute atomic E-state index is 0.175. The van der Waals surface area contributed by atoms with Crippen LogP contribution in [0.1, 0.15) is 43.2 Å². The van der Waals surface area contributed by atoms with Gasteiger partial charge in [0.2, 0.25) is 0 Å². The number of fused-ring (bicyclic) bond motifs is 3. The SMILES string of the molecule is Cc1c(CN2CCN(c3cc(C(=O)Nc4ccc5c(c4)-c4c(c(C(N)=O)nn4-c4ccc(F)cc4)CC5)c(Cl)cn3)CC2)cnn1C. The van der Waals surface area contributed by atoms with Crippen LogP contribution in [0.2, 0.25) is 5.02 Å². The number of amides is 2. The minimum Gasteiger partial charge on any atom is -0.364 e. The van der Waals surface area contributed by atoms with Gasteiger partial charge in [-0.25, -0.2) is 14.1 Å². The normalized spacial score (nSPS) is 14.5. The highest BCUT2D eigenvalue weighted by Gasteiger charge is 2.29. The van der Waals surface area contributed by atoms with Gasteiger partial charge >= 0.3 is 0 Å². The lowest BCUT2D eigenvalue weighted by Gasteiger charge is -2.35. The monoisotopic (exact) mass is 653 g/mol. The van der Waals surface area contributed by atoms with Crippen LogP contribution in [0.25, 0.3) is 16.9 Å². The van der Waals surface area contributed by atoms with Crippen LogP contribution in [0.3, 0.4) is 0 Å². The molecule has 0 bridgehead atoms. The minimum atomic E-state index is -0.636. The molecule has 13 heteroatoms. The number of benzene rings is 2. The van der Waals surface area contributed by atoms with Gasteiger partial charge in [-0.15, -0.1) is 0 Å². The smallest absolute Gasteiger partial charge is 0.269 e. The van der Waals surface area contributed by atoms with Crippen molar-refractivity contribution < 1.29 is 14.0 Å². The maximum absolute atomic E-state index is 13.7. The van der Waals surface area contributed by atoms with Crippen LogP contribution in [0, 0.1) is 12.7 Å². The summed E-state index contributed by atoms with van der Waals surface area (Å²) >= 11 is 6.50. The highest BCUT2D eigenvalue weighted by Crippen LogP contribution is 2.38. The first kappa shape index (κ1) is 30.6. The van der Waals surface area contributed by atoms with Crippen molar-refractivity contribution in [3.63, 3.8) is 0 Å². The number of piperazine rings is 1. The number of nitrogens with zero attached hydrogens (tertiary/aromatic N) is 7. The molecule has 1 aliphatic carbocycles. The van der Waals surface area contributed by atoms with Crippen molar-refractivity contribution in [2.45, 2.75) is 26.3 Å². The lowest BCUT2D eigenvalue weighted by molar-refractivity contribution is 0.0992. The van der Waals surface area contributed by atoms with E-state index in [1.165, 1.54) is 23.9 Å². The van der Waals surface area contributed by atoms with Crippen molar-refractivity contribution in [1.82, 2.24) is 29.4 Å². The van der Waals surface area contributed by atoms with E-state index in [4.69, 9.17) is 17.3 Å². The van der Waals surface area contributed by atoms with Gasteiger partial charge in [0.25, 0.3) is 11.8 Å². The Balaban J connectivity index is 1.11. The van der Waals surface area contributed by atoms with Crippen molar-refractivity contribution >= 4 is 34.9 Å². The number of aryl methyl sites for hydroxylation is 2. The number of halogens is 2. The molecule has 0 saturated carbocycles. The summed E-state index contributed by atoms with van der Waals surface area (Å²) < 4.78 is 17.2. The number of hydrogen-bond acceptors (Lipinski definition) is 7. The molecule has 240 valence electrons. The molecule has 11 nitrogen and oxygen atoms in total. The Kier molecular flexibility index (Phi) is 7.98. The molecule has 0 radical (unpaired) electrons. The highest BCUT2D eigenvalue weighted by atomic mass is 35.5. The first-order valence-electron chi connectivity index (χ1n) is 15.4. The first-order chi connectivity index (χ1) is 22.7. The van der Waals surface area contributed by atoms with Crippen molar-refractivity contribution in [2.75, 3.05) is 36.4 Å². The summed E-state index contributed by atoms with van der Waals surface area (Å²) in [6.45, 7) is 6.14. The number of hydrogen-bond donors (Lipinski definition) is 2. The van der Waals surface area contributed by atoms with E-state index in [-0.39, 0.29) is 22.4 Å². The Morgan fingerprint density at radius 2 is 1.79 bits per heavy atom. The van der Waals surface area contributed by atoms with E-state index >= 15 is 0 Å². The fourth-order valence-corrected chi connectivity index (χ4v) is 6.52. The zero-order chi connectivity index (χ0) is 32.8. The Morgan fingerprint density at radius 3 is 2.49 bits per heavy atom. The Labute approximate surface area is 275 Å². The quantitative estimate of drug-likeness (QED) is 0.264. The van der Waals surface area contributed by atoms with E-state index < -0.39 is 5.91 Å². The Morgan fingerprint density at radius 1 is 1.02 bits per heavy atom. The zero-order valence-corrected chi connectivity index (χ0v) is 26.8. The molecule has 1 aliphatic heterocycles. The third kappa shape index (κ3) is 5.85. The number of rotatable bonds is 7. The molecule has 3 N–H and O–H groups in total. The molecule has 5 aromatic rings. The van der Waals surface area contributed by atoms with Gasteiger partial charge in [-0.05, 0) is 67.8 Å². The van der Waals surface area contributed by atoms with E-state index in [1.807, 2.05) is 36.1 Å². The predicted molar refractivity (Wildman–Crippen MR) is 178 cm³/mol. The Hall–Kier alpha value is -5.07. The summed E-state index contributed by atoms with van der Waals surface area (Å²) in [7, 11) is 1.95. The fourth-order valence-electron chi connectivity index (χ4n) is 6.33. The number of primary amides is 1. The standard InChI is InChI=1S/C34H33ClFN9O2/c1-20-22(17-39-42(20)2)19-43-11-13-44(14-12-43)30-16-28(29(35)18-38-30)34(47)40-24-7-3-21-4-10-26-31(33(37)46)41-45(32(26)27(21)15-24)25-8-5-23(36)6-9-25/h3,5-9,15-18H,4,10-14,19H2,1-2H3,(H2,37,46)(H,40,47). The molecule has 4 heterocycles. The average Bonchev–Trinajstić information content (AvgIpc) is 3.62. The number of nitrogens with two attached hydrogens (primary N) is 1. The summed E-state index contributed by atoms with van der Waals surface area (Å²) in [6.07, 6.45) is 4.68. The molecule has 0 spiro atoms. The number of nitrogens with one attached hydrogen (secondary N) is 1. The molecule has 0 unspecified atom stereocenters. The topological polar surface area (TPSA) is 127 Å². The predicted octanol–water partition coefficient (Wildman–Crippen LogP) is 4.54. The van der Waals surface area contributed by atoms with Crippen LogP contribution in [0.4, 0.5) is 15.9 Å². The molecular weight excluding hydrogens is 621 g/mol. The van der Waals surface area contributed by atoms with E-state index in [0.717, 1.165) is 55.1 Å². The second kappa shape index (κ2) is 12.3. The lowest BCUT2D eigenvalue weighted by atomic mass is 9.88. The molecule has 2 aliphatic rings. The third-order valence-corrected chi connectivity index (χ3v) is 9.37. The number of carbonyl (C=O) groups excluding carboxylic acids is 2. The summed E-state index contributed by atoms with van der Waals surface area (Å²) in [5.41, 5.74) is 12.9. The number of aromatic nitrogens is 5. The summed E-state index contributed by atoms with van der Waals surface area (Å²) in [6, 6.07) is 13.2. The largest absolute Gasteiger partial charge is 0.364 e. The van der Waals surface area contributed by atoms with E-state index in [2.05, 4.69) is 37.2 Å². The van der Waals surface area contributed by atoms with Gasteiger partial charge in [0.05, 0.1) is 28.2 Å². The van der Waals surface area contributed by atoms with Gasteiger partial charge < -0.3 is 16.0 Å². The molecule has 1 fully saturated rings. The first-order valence-corrected chi connectivity index (χ1v) is 15.8. The van der Waals surface area contributed by atoms with Crippen LogP contribution < -0.4 is 16.0 Å².